The lowest BCUT2D eigenvalue weighted by atomic mass is 10.1. The van der Waals surface area contributed by atoms with E-state index < -0.39 is 10.0 Å². The third kappa shape index (κ3) is 4.09. The molecule has 1 aliphatic heterocycles. The van der Waals surface area contributed by atoms with Crippen LogP contribution in [0.15, 0.2) is 0 Å². The summed E-state index contributed by atoms with van der Waals surface area (Å²) in [6, 6.07) is -0.0254. The predicted octanol–water partition coefficient (Wildman–Crippen LogP) is 0.327. The molecule has 5 nitrogen and oxygen atoms in total. The number of rotatable bonds is 4. The van der Waals surface area contributed by atoms with Crippen molar-refractivity contribution in [2.24, 2.45) is 0 Å². The molecule has 1 fully saturated rings. The molecule has 0 saturated carbocycles. The summed E-state index contributed by atoms with van der Waals surface area (Å²) in [5, 5.41) is 2.88. The highest BCUT2D eigenvalue weighted by atomic mass is 32.2. The summed E-state index contributed by atoms with van der Waals surface area (Å²) in [6.07, 6.45) is 4.21. The monoisotopic (exact) mass is 248 g/mol. The van der Waals surface area contributed by atoms with Crippen molar-refractivity contribution >= 4 is 15.9 Å². The summed E-state index contributed by atoms with van der Waals surface area (Å²) >= 11 is 0. The van der Waals surface area contributed by atoms with Gasteiger partial charge in [0.05, 0.1) is 6.26 Å². The van der Waals surface area contributed by atoms with E-state index in [-0.39, 0.29) is 11.9 Å². The van der Waals surface area contributed by atoms with Gasteiger partial charge in [0.1, 0.15) is 0 Å². The van der Waals surface area contributed by atoms with Crippen LogP contribution in [-0.2, 0) is 14.8 Å². The first kappa shape index (κ1) is 13.4. The zero-order valence-corrected chi connectivity index (χ0v) is 10.7. The summed E-state index contributed by atoms with van der Waals surface area (Å²) < 4.78 is 24.2. The van der Waals surface area contributed by atoms with Crippen LogP contribution in [0.1, 0.15) is 32.6 Å². The maximum Gasteiger partial charge on any atom is 0.220 e. The summed E-state index contributed by atoms with van der Waals surface area (Å²) in [6.45, 7) is 2.93. The molecule has 0 aliphatic carbocycles. The molecule has 0 aromatic rings. The van der Waals surface area contributed by atoms with Crippen LogP contribution in [0, 0.1) is 0 Å². The fourth-order valence-corrected chi connectivity index (χ4v) is 2.80. The topological polar surface area (TPSA) is 66.5 Å². The van der Waals surface area contributed by atoms with Gasteiger partial charge in [0, 0.05) is 25.6 Å². The molecule has 0 spiro atoms. The van der Waals surface area contributed by atoms with Gasteiger partial charge in [-0.25, -0.2) is 12.7 Å². The van der Waals surface area contributed by atoms with Crippen molar-refractivity contribution in [3.05, 3.63) is 0 Å². The van der Waals surface area contributed by atoms with Gasteiger partial charge < -0.3 is 5.32 Å². The highest BCUT2D eigenvalue weighted by Gasteiger charge is 2.26. The lowest BCUT2D eigenvalue weighted by molar-refractivity contribution is -0.122. The third-order valence-electron chi connectivity index (χ3n) is 2.70. The van der Waals surface area contributed by atoms with Crippen molar-refractivity contribution in [2.45, 2.75) is 38.6 Å². The Morgan fingerprint density at radius 3 is 2.75 bits per heavy atom. The summed E-state index contributed by atoms with van der Waals surface area (Å²) in [5.74, 6) is 0.0165. The molecule has 1 atom stereocenters. The van der Waals surface area contributed by atoms with Crippen LogP contribution in [0.25, 0.3) is 0 Å². The fraction of sp³-hybridized carbons (Fsp3) is 0.900. The Balaban J connectivity index is 2.48. The standard InChI is InChI=1S/C10H20N2O3S/c1-3-5-10(13)11-9-6-4-7-12(8-9)16(2,14)15/h9H,3-8H2,1-2H3,(H,11,13). The van der Waals surface area contributed by atoms with Gasteiger partial charge >= 0.3 is 0 Å². The smallest absolute Gasteiger partial charge is 0.220 e. The zero-order chi connectivity index (χ0) is 12.2. The van der Waals surface area contributed by atoms with Crippen LogP contribution in [0.4, 0.5) is 0 Å². The van der Waals surface area contributed by atoms with E-state index in [1.165, 1.54) is 10.6 Å². The molecule has 0 aromatic carbocycles. The van der Waals surface area contributed by atoms with Gasteiger partial charge in [0.2, 0.25) is 15.9 Å². The molecule has 0 bridgehead atoms. The molecule has 1 amide bonds. The molecule has 0 radical (unpaired) electrons. The number of sulfonamides is 1. The van der Waals surface area contributed by atoms with Crippen molar-refractivity contribution in [3.8, 4) is 0 Å². The minimum atomic E-state index is -3.12. The summed E-state index contributed by atoms with van der Waals surface area (Å²) in [7, 11) is -3.12. The first-order chi connectivity index (χ1) is 7.43. The lowest BCUT2D eigenvalue weighted by Gasteiger charge is -2.31. The molecule has 1 heterocycles. The van der Waals surface area contributed by atoms with E-state index in [1.54, 1.807) is 0 Å². The number of piperidine rings is 1. The van der Waals surface area contributed by atoms with Crippen molar-refractivity contribution in [1.29, 1.82) is 0 Å². The molecule has 1 rings (SSSR count). The normalized spacial score (nSPS) is 23.0. The second kappa shape index (κ2) is 5.63. The first-order valence-corrected chi connectivity index (χ1v) is 7.52. The Kier molecular flexibility index (Phi) is 4.73. The average Bonchev–Trinajstić information content (AvgIpc) is 2.17. The number of nitrogens with zero attached hydrogens (tertiary/aromatic N) is 1. The largest absolute Gasteiger partial charge is 0.352 e. The summed E-state index contributed by atoms with van der Waals surface area (Å²) in [5.41, 5.74) is 0. The van der Waals surface area contributed by atoms with Crippen LogP contribution < -0.4 is 5.32 Å². The van der Waals surface area contributed by atoms with Crippen molar-refractivity contribution in [3.63, 3.8) is 0 Å². The maximum absolute atomic E-state index is 11.4. The van der Waals surface area contributed by atoms with Crippen LogP contribution in [-0.4, -0.2) is 44.0 Å². The number of amides is 1. The van der Waals surface area contributed by atoms with Gasteiger partial charge in [-0.1, -0.05) is 6.92 Å². The first-order valence-electron chi connectivity index (χ1n) is 5.68. The zero-order valence-electron chi connectivity index (χ0n) is 9.90. The molecule has 0 aromatic heterocycles. The van der Waals surface area contributed by atoms with E-state index in [9.17, 15) is 13.2 Å². The van der Waals surface area contributed by atoms with E-state index in [0.29, 0.717) is 19.5 Å². The van der Waals surface area contributed by atoms with Crippen molar-refractivity contribution in [1.82, 2.24) is 9.62 Å². The summed E-state index contributed by atoms with van der Waals surface area (Å²) in [4.78, 5) is 11.4. The maximum atomic E-state index is 11.4. The molecule has 1 N–H and O–H groups in total. The van der Waals surface area contributed by atoms with Gasteiger partial charge in [0.15, 0.2) is 0 Å². The Morgan fingerprint density at radius 1 is 1.50 bits per heavy atom. The van der Waals surface area contributed by atoms with E-state index in [2.05, 4.69) is 5.32 Å². The van der Waals surface area contributed by atoms with Gasteiger partial charge in [-0.15, -0.1) is 0 Å². The van der Waals surface area contributed by atoms with E-state index >= 15 is 0 Å². The molecule has 1 saturated heterocycles. The third-order valence-corrected chi connectivity index (χ3v) is 3.96. The Morgan fingerprint density at radius 2 is 2.19 bits per heavy atom. The van der Waals surface area contributed by atoms with Gasteiger partial charge in [-0.3, -0.25) is 4.79 Å². The highest BCUT2D eigenvalue weighted by molar-refractivity contribution is 7.88. The van der Waals surface area contributed by atoms with Gasteiger partial charge in [-0.05, 0) is 19.3 Å². The minimum Gasteiger partial charge on any atom is -0.352 e. The van der Waals surface area contributed by atoms with Gasteiger partial charge in [0.25, 0.3) is 0 Å². The quantitative estimate of drug-likeness (QED) is 0.779. The van der Waals surface area contributed by atoms with E-state index in [1.807, 2.05) is 6.92 Å². The number of carbonyl (C=O) groups excluding carboxylic acids is 1. The minimum absolute atomic E-state index is 0.0165. The van der Waals surface area contributed by atoms with Gasteiger partial charge in [-0.2, -0.15) is 0 Å². The van der Waals surface area contributed by atoms with E-state index in [0.717, 1.165) is 19.3 Å². The fourth-order valence-electron chi connectivity index (χ4n) is 1.89. The van der Waals surface area contributed by atoms with Crippen LogP contribution >= 0.6 is 0 Å². The average molecular weight is 248 g/mol. The highest BCUT2D eigenvalue weighted by Crippen LogP contribution is 2.13. The Labute approximate surface area is 97.2 Å². The SMILES string of the molecule is CCCC(=O)NC1CCCN(S(C)(=O)=O)C1. The molecule has 16 heavy (non-hydrogen) atoms. The molecular weight excluding hydrogens is 228 g/mol. The molecule has 1 aliphatic rings. The molecular formula is C10H20N2O3S. The lowest BCUT2D eigenvalue weighted by Crippen LogP contribution is -2.49. The van der Waals surface area contributed by atoms with Crippen LogP contribution in [0.3, 0.4) is 0 Å². The second-order valence-electron chi connectivity index (χ2n) is 4.28. The predicted molar refractivity (Wildman–Crippen MR) is 62.5 cm³/mol. The van der Waals surface area contributed by atoms with E-state index in [4.69, 9.17) is 0 Å². The van der Waals surface area contributed by atoms with Crippen molar-refractivity contribution < 1.29 is 13.2 Å². The Hall–Kier alpha value is -0.620. The van der Waals surface area contributed by atoms with Crippen molar-refractivity contribution in [2.75, 3.05) is 19.3 Å². The van der Waals surface area contributed by atoms with Crippen LogP contribution in [0.2, 0.25) is 0 Å². The molecule has 94 valence electrons. The van der Waals surface area contributed by atoms with Crippen LogP contribution in [0.5, 0.6) is 0 Å². The second-order valence-corrected chi connectivity index (χ2v) is 6.26. The molecule has 6 heteroatoms. The number of hydrogen-bond donors (Lipinski definition) is 1. The number of carbonyl (C=O) groups is 1. The Bertz CT molecular complexity index is 340. The number of hydrogen-bond acceptors (Lipinski definition) is 3. The number of nitrogens with one attached hydrogen (secondary N) is 1. The molecule has 1 unspecified atom stereocenters.